The molecule has 0 atom stereocenters. The zero-order valence-electron chi connectivity index (χ0n) is 14.1. The van der Waals surface area contributed by atoms with Crippen molar-refractivity contribution < 1.29 is 14.0 Å². The van der Waals surface area contributed by atoms with E-state index in [1.807, 2.05) is 18.7 Å². The molecule has 1 N–H and O–H groups in total. The third kappa shape index (κ3) is 3.36. The molecule has 0 aliphatic carbocycles. The minimum absolute atomic E-state index is 0.0427. The highest BCUT2D eigenvalue weighted by atomic mass is 32.1. The highest BCUT2D eigenvalue weighted by Gasteiger charge is 2.27. The summed E-state index contributed by atoms with van der Waals surface area (Å²) >= 11 is 1.38. The molecule has 128 valence electrons. The van der Waals surface area contributed by atoms with Gasteiger partial charge < -0.3 is 14.6 Å². The third-order valence-corrected chi connectivity index (χ3v) is 5.26. The van der Waals surface area contributed by atoms with Gasteiger partial charge in [0, 0.05) is 19.1 Å². The molecule has 1 saturated heterocycles. The second kappa shape index (κ2) is 6.76. The van der Waals surface area contributed by atoms with E-state index in [4.69, 9.17) is 4.42 Å². The molecule has 1 aliphatic rings. The molecular formula is C17H21N3O3S. The van der Waals surface area contributed by atoms with Gasteiger partial charge in [-0.25, -0.2) is 4.98 Å². The van der Waals surface area contributed by atoms with Gasteiger partial charge in [-0.1, -0.05) is 0 Å². The van der Waals surface area contributed by atoms with Crippen LogP contribution in [0.4, 0.5) is 0 Å². The Kier molecular flexibility index (Phi) is 4.71. The van der Waals surface area contributed by atoms with E-state index in [0.717, 1.165) is 24.3 Å². The molecule has 0 spiro atoms. The quantitative estimate of drug-likeness (QED) is 0.926. The van der Waals surface area contributed by atoms with Gasteiger partial charge in [0.25, 0.3) is 11.8 Å². The smallest absolute Gasteiger partial charge is 0.265 e. The minimum Gasteiger partial charge on any atom is -0.466 e. The third-order valence-electron chi connectivity index (χ3n) is 4.34. The molecule has 0 saturated carbocycles. The van der Waals surface area contributed by atoms with Gasteiger partial charge in [-0.2, -0.15) is 0 Å². The molecule has 24 heavy (non-hydrogen) atoms. The molecule has 7 heteroatoms. The first-order valence-electron chi connectivity index (χ1n) is 8.03. The van der Waals surface area contributed by atoms with E-state index in [-0.39, 0.29) is 17.9 Å². The molecule has 6 nitrogen and oxygen atoms in total. The van der Waals surface area contributed by atoms with E-state index >= 15 is 0 Å². The maximum atomic E-state index is 12.5. The van der Waals surface area contributed by atoms with Crippen LogP contribution in [0.2, 0.25) is 0 Å². The number of nitrogens with zero attached hydrogens (tertiary/aromatic N) is 2. The molecule has 2 aromatic rings. The van der Waals surface area contributed by atoms with Crippen molar-refractivity contribution in [2.45, 2.75) is 39.7 Å². The van der Waals surface area contributed by atoms with Crippen LogP contribution < -0.4 is 5.32 Å². The molecule has 1 fully saturated rings. The molecule has 0 bridgehead atoms. The fourth-order valence-electron chi connectivity index (χ4n) is 3.00. The molecule has 0 radical (unpaired) electrons. The van der Waals surface area contributed by atoms with Crippen molar-refractivity contribution in [1.82, 2.24) is 15.2 Å². The average molecular weight is 347 g/mol. The van der Waals surface area contributed by atoms with E-state index in [2.05, 4.69) is 10.3 Å². The zero-order chi connectivity index (χ0) is 17.3. The highest BCUT2D eigenvalue weighted by molar-refractivity contribution is 7.11. The summed E-state index contributed by atoms with van der Waals surface area (Å²) in [5.41, 5.74) is 3.07. The molecule has 2 aromatic heterocycles. The number of carbonyl (C=O) groups excluding carboxylic acids is 2. The Morgan fingerprint density at radius 3 is 2.54 bits per heavy atom. The first kappa shape index (κ1) is 16.7. The first-order chi connectivity index (χ1) is 11.5. The number of hydrogen-bond acceptors (Lipinski definition) is 5. The predicted octanol–water partition coefficient (Wildman–Crippen LogP) is 2.70. The van der Waals surface area contributed by atoms with Gasteiger partial charge in [0.05, 0.1) is 16.8 Å². The highest BCUT2D eigenvalue weighted by Crippen LogP contribution is 2.20. The Morgan fingerprint density at radius 1 is 1.29 bits per heavy atom. The van der Waals surface area contributed by atoms with Gasteiger partial charge >= 0.3 is 0 Å². The van der Waals surface area contributed by atoms with Crippen LogP contribution in [0.1, 0.15) is 50.1 Å². The molecule has 0 aromatic carbocycles. The molecule has 1 aliphatic heterocycles. The van der Waals surface area contributed by atoms with Crippen LogP contribution in [0.15, 0.2) is 16.0 Å². The summed E-state index contributed by atoms with van der Waals surface area (Å²) in [5.74, 6) is 1.31. The fourth-order valence-corrected chi connectivity index (χ4v) is 3.77. The van der Waals surface area contributed by atoms with E-state index in [1.165, 1.54) is 11.3 Å². The number of hydrogen-bond donors (Lipinski definition) is 1. The number of aryl methyl sites for hydroxylation is 3. The number of nitrogens with one attached hydrogen (secondary N) is 1. The topological polar surface area (TPSA) is 75.4 Å². The largest absolute Gasteiger partial charge is 0.466 e. The number of piperidine rings is 1. The molecular weight excluding hydrogens is 326 g/mol. The maximum absolute atomic E-state index is 12.5. The summed E-state index contributed by atoms with van der Waals surface area (Å²) in [7, 11) is 0. The lowest BCUT2D eigenvalue weighted by atomic mass is 10.0. The van der Waals surface area contributed by atoms with Crippen LogP contribution >= 0.6 is 11.3 Å². The molecule has 3 rings (SSSR count). The van der Waals surface area contributed by atoms with Crippen LogP contribution in [0.5, 0.6) is 0 Å². The van der Waals surface area contributed by atoms with Gasteiger partial charge in [0.2, 0.25) is 0 Å². The monoisotopic (exact) mass is 347 g/mol. The van der Waals surface area contributed by atoms with Crippen molar-refractivity contribution in [2.75, 3.05) is 13.1 Å². The average Bonchev–Trinajstić information content (AvgIpc) is 3.12. The second-order valence-electron chi connectivity index (χ2n) is 6.13. The van der Waals surface area contributed by atoms with Crippen molar-refractivity contribution in [3.8, 4) is 0 Å². The van der Waals surface area contributed by atoms with Gasteiger partial charge in [-0.15, -0.1) is 11.3 Å². The van der Waals surface area contributed by atoms with Crippen molar-refractivity contribution >= 4 is 23.2 Å². The number of rotatable bonds is 3. The molecule has 0 unspecified atom stereocenters. The van der Waals surface area contributed by atoms with Crippen LogP contribution in [0.25, 0.3) is 0 Å². The number of amides is 2. The Labute approximate surface area is 144 Å². The Bertz CT molecular complexity index is 757. The summed E-state index contributed by atoms with van der Waals surface area (Å²) in [6, 6.07) is 1.84. The van der Waals surface area contributed by atoms with Crippen molar-refractivity contribution in [3.05, 3.63) is 39.2 Å². The number of likely N-dealkylation sites (tertiary alicyclic amines) is 1. The lowest BCUT2D eigenvalue weighted by Crippen LogP contribution is -2.46. The van der Waals surface area contributed by atoms with Crippen molar-refractivity contribution in [3.63, 3.8) is 0 Å². The fraction of sp³-hybridized carbons (Fsp3) is 0.471. The molecule has 2 amide bonds. The minimum atomic E-state index is -0.104. The first-order valence-corrected chi connectivity index (χ1v) is 8.91. The maximum Gasteiger partial charge on any atom is 0.265 e. The summed E-state index contributed by atoms with van der Waals surface area (Å²) in [4.78, 5) is 31.5. The predicted molar refractivity (Wildman–Crippen MR) is 91.4 cm³/mol. The van der Waals surface area contributed by atoms with Crippen LogP contribution in [-0.2, 0) is 0 Å². The number of furan rings is 1. The summed E-state index contributed by atoms with van der Waals surface area (Å²) in [6.45, 7) is 6.76. The van der Waals surface area contributed by atoms with Crippen LogP contribution in [0, 0.1) is 20.8 Å². The second-order valence-corrected chi connectivity index (χ2v) is 6.99. The normalized spacial score (nSPS) is 15.5. The molecule has 3 heterocycles. The van der Waals surface area contributed by atoms with E-state index in [0.29, 0.717) is 29.3 Å². The Balaban J connectivity index is 1.56. The standard InChI is InChI=1S/C17H21N3O3S/c1-10-8-14(12(3)23-10)16(21)19-13-4-6-20(7-5-13)17(22)15-11(2)18-9-24-15/h8-9,13H,4-7H2,1-3H3,(H,19,21). The number of thiazole rings is 1. The van der Waals surface area contributed by atoms with Gasteiger partial charge in [0.15, 0.2) is 0 Å². The zero-order valence-corrected chi connectivity index (χ0v) is 14.9. The SMILES string of the molecule is Cc1cc(C(=O)NC2CCN(C(=O)c3scnc3C)CC2)c(C)o1. The van der Waals surface area contributed by atoms with Gasteiger partial charge in [0.1, 0.15) is 16.4 Å². The summed E-state index contributed by atoms with van der Waals surface area (Å²) in [6.07, 6.45) is 1.51. The van der Waals surface area contributed by atoms with Gasteiger partial charge in [-0.3, -0.25) is 9.59 Å². The van der Waals surface area contributed by atoms with E-state index in [9.17, 15) is 9.59 Å². The number of carbonyl (C=O) groups is 2. The lowest BCUT2D eigenvalue weighted by Gasteiger charge is -2.32. The van der Waals surface area contributed by atoms with Crippen molar-refractivity contribution in [2.24, 2.45) is 0 Å². The lowest BCUT2D eigenvalue weighted by molar-refractivity contribution is 0.0702. The Morgan fingerprint density at radius 2 is 2.00 bits per heavy atom. The van der Waals surface area contributed by atoms with Crippen LogP contribution in [-0.4, -0.2) is 40.8 Å². The van der Waals surface area contributed by atoms with Crippen molar-refractivity contribution in [1.29, 1.82) is 0 Å². The van der Waals surface area contributed by atoms with Crippen LogP contribution in [0.3, 0.4) is 0 Å². The number of aromatic nitrogens is 1. The summed E-state index contributed by atoms with van der Waals surface area (Å²) < 4.78 is 5.41. The summed E-state index contributed by atoms with van der Waals surface area (Å²) in [5, 5.41) is 3.05. The van der Waals surface area contributed by atoms with Gasteiger partial charge in [-0.05, 0) is 39.7 Å². The van der Waals surface area contributed by atoms with E-state index in [1.54, 1.807) is 18.5 Å². The Hall–Kier alpha value is -2.15. The van der Waals surface area contributed by atoms with E-state index < -0.39 is 0 Å².